The molecule has 26 heavy (non-hydrogen) atoms. The molecule has 6 nitrogen and oxygen atoms in total. The molecule has 2 N–H and O–H groups in total. The first kappa shape index (κ1) is 16.1. The number of aryl methyl sites for hydroxylation is 2. The van der Waals surface area contributed by atoms with Gasteiger partial charge in [0.2, 0.25) is 11.9 Å². The Balaban J connectivity index is 1.79. The fourth-order valence-electron chi connectivity index (χ4n) is 3.02. The molecule has 130 valence electrons. The van der Waals surface area contributed by atoms with Crippen LogP contribution in [0.4, 0.5) is 11.6 Å². The molecule has 1 aromatic heterocycles. The molecule has 0 spiro atoms. The van der Waals surface area contributed by atoms with Crippen LogP contribution in [0.5, 0.6) is 0 Å². The number of benzene rings is 2. The lowest BCUT2D eigenvalue weighted by molar-refractivity contribution is 0.577. The summed E-state index contributed by atoms with van der Waals surface area (Å²) in [5, 5.41) is 6.42. The van der Waals surface area contributed by atoms with Crippen LogP contribution < -0.4 is 16.2 Å². The van der Waals surface area contributed by atoms with Crippen molar-refractivity contribution in [1.82, 2.24) is 9.55 Å². The van der Waals surface area contributed by atoms with Crippen molar-refractivity contribution in [3.63, 3.8) is 0 Å². The Bertz CT molecular complexity index is 1040. The summed E-state index contributed by atoms with van der Waals surface area (Å²) in [4.78, 5) is 21.8. The zero-order valence-electron chi connectivity index (χ0n) is 14.6. The van der Waals surface area contributed by atoms with E-state index in [9.17, 15) is 4.79 Å². The van der Waals surface area contributed by atoms with Crippen LogP contribution in [0.1, 0.15) is 23.0 Å². The summed E-state index contributed by atoms with van der Waals surface area (Å²) in [6.45, 7) is 3.84. The minimum absolute atomic E-state index is 0.132. The van der Waals surface area contributed by atoms with E-state index in [1.54, 1.807) is 11.5 Å². The van der Waals surface area contributed by atoms with E-state index in [-0.39, 0.29) is 5.56 Å². The first-order chi connectivity index (χ1) is 12.6. The lowest BCUT2D eigenvalue weighted by Gasteiger charge is -2.27. The number of guanidine groups is 1. The van der Waals surface area contributed by atoms with E-state index in [0.717, 1.165) is 16.8 Å². The van der Waals surface area contributed by atoms with Crippen molar-refractivity contribution >= 4 is 17.6 Å². The van der Waals surface area contributed by atoms with E-state index in [0.29, 0.717) is 17.6 Å². The van der Waals surface area contributed by atoms with Crippen molar-refractivity contribution in [3.05, 3.63) is 87.8 Å². The van der Waals surface area contributed by atoms with Gasteiger partial charge in [0, 0.05) is 17.4 Å². The molecular formula is C20H19N5O. The normalized spacial score (nSPS) is 15.6. The molecule has 2 aromatic carbocycles. The number of aromatic nitrogens is 2. The van der Waals surface area contributed by atoms with Gasteiger partial charge in [-0.15, -0.1) is 0 Å². The van der Waals surface area contributed by atoms with Gasteiger partial charge in [0.25, 0.3) is 5.56 Å². The van der Waals surface area contributed by atoms with Crippen molar-refractivity contribution in [2.75, 3.05) is 10.6 Å². The van der Waals surface area contributed by atoms with E-state index in [4.69, 9.17) is 4.99 Å². The summed E-state index contributed by atoms with van der Waals surface area (Å²) < 4.78 is 1.57. The van der Waals surface area contributed by atoms with Gasteiger partial charge in [-0.25, -0.2) is 9.98 Å². The van der Waals surface area contributed by atoms with E-state index in [1.165, 1.54) is 6.07 Å². The summed E-state index contributed by atoms with van der Waals surface area (Å²) in [5.74, 6) is 1.04. The fourth-order valence-corrected chi connectivity index (χ4v) is 3.02. The van der Waals surface area contributed by atoms with Gasteiger partial charge in [-0.3, -0.25) is 14.7 Å². The molecule has 0 aliphatic carbocycles. The number of nitrogens with zero attached hydrogens (tertiary/aromatic N) is 3. The number of rotatable bonds is 2. The highest BCUT2D eigenvalue weighted by Gasteiger charge is 2.24. The Hall–Kier alpha value is -3.41. The Morgan fingerprint density at radius 3 is 2.62 bits per heavy atom. The quantitative estimate of drug-likeness (QED) is 0.747. The Labute approximate surface area is 151 Å². The predicted molar refractivity (Wildman–Crippen MR) is 104 cm³/mol. The Morgan fingerprint density at radius 1 is 1.04 bits per heavy atom. The largest absolute Gasteiger partial charge is 0.326 e. The molecule has 2 heterocycles. The van der Waals surface area contributed by atoms with Crippen molar-refractivity contribution < 1.29 is 0 Å². The maximum Gasteiger partial charge on any atom is 0.257 e. The monoisotopic (exact) mass is 345 g/mol. The first-order valence-corrected chi connectivity index (χ1v) is 8.44. The van der Waals surface area contributed by atoms with Gasteiger partial charge < -0.3 is 5.32 Å². The zero-order chi connectivity index (χ0) is 18.1. The van der Waals surface area contributed by atoms with Crippen molar-refractivity contribution in [2.24, 2.45) is 4.99 Å². The molecular weight excluding hydrogens is 326 g/mol. The molecule has 0 saturated carbocycles. The maximum atomic E-state index is 12.6. The topological polar surface area (TPSA) is 71.3 Å². The third-order valence-corrected chi connectivity index (χ3v) is 4.18. The van der Waals surface area contributed by atoms with E-state index < -0.39 is 6.17 Å². The second-order valence-electron chi connectivity index (χ2n) is 6.31. The molecule has 1 atom stereocenters. The molecule has 0 fully saturated rings. The molecule has 0 radical (unpaired) electrons. The van der Waals surface area contributed by atoms with Crippen LogP contribution in [0.3, 0.4) is 0 Å². The van der Waals surface area contributed by atoms with Crippen LogP contribution in [0.25, 0.3) is 0 Å². The number of aliphatic imine (C=N–C) groups is 1. The standard InChI is InChI=1S/C20H19N5O/c1-13-7-6-10-16(11-13)22-19-23-18(15-8-4-3-5-9-15)25-17(26)12-14(2)21-20(25)24-19/h3-12,18H,1-2H3,(H2,21,22,23,24). The summed E-state index contributed by atoms with van der Waals surface area (Å²) in [6.07, 6.45) is -0.472. The number of anilines is 2. The van der Waals surface area contributed by atoms with Gasteiger partial charge >= 0.3 is 0 Å². The summed E-state index contributed by atoms with van der Waals surface area (Å²) in [7, 11) is 0. The average Bonchev–Trinajstić information content (AvgIpc) is 2.61. The van der Waals surface area contributed by atoms with Gasteiger partial charge in [0.05, 0.1) is 0 Å². The zero-order valence-corrected chi connectivity index (χ0v) is 14.6. The number of nitrogens with one attached hydrogen (secondary N) is 2. The number of hydrogen-bond donors (Lipinski definition) is 2. The van der Waals surface area contributed by atoms with Gasteiger partial charge in [-0.2, -0.15) is 0 Å². The van der Waals surface area contributed by atoms with Gasteiger partial charge in [0.15, 0.2) is 6.17 Å². The van der Waals surface area contributed by atoms with Crippen LogP contribution in [-0.4, -0.2) is 15.5 Å². The van der Waals surface area contributed by atoms with Gasteiger partial charge in [0.1, 0.15) is 0 Å². The second-order valence-corrected chi connectivity index (χ2v) is 6.31. The third kappa shape index (κ3) is 3.09. The minimum Gasteiger partial charge on any atom is -0.326 e. The Kier molecular flexibility index (Phi) is 4.01. The lowest BCUT2D eigenvalue weighted by Crippen LogP contribution is -2.37. The molecule has 0 saturated heterocycles. The predicted octanol–water partition coefficient (Wildman–Crippen LogP) is 3.30. The van der Waals surface area contributed by atoms with Gasteiger partial charge in [-0.1, -0.05) is 42.5 Å². The van der Waals surface area contributed by atoms with E-state index in [1.807, 2.05) is 61.5 Å². The number of fused-ring (bicyclic) bond motifs is 1. The summed E-state index contributed by atoms with van der Waals surface area (Å²) in [5.41, 5.74) is 3.53. The molecule has 1 unspecified atom stereocenters. The molecule has 3 aromatic rings. The Morgan fingerprint density at radius 2 is 1.85 bits per heavy atom. The van der Waals surface area contributed by atoms with Crippen LogP contribution in [0.2, 0.25) is 0 Å². The highest BCUT2D eigenvalue weighted by molar-refractivity contribution is 6.03. The smallest absolute Gasteiger partial charge is 0.257 e. The SMILES string of the molecule is Cc1cccc(NC2=NC(c3ccccc3)n3c(nc(C)cc3=O)N2)c1. The maximum absolute atomic E-state index is 12.6. The van der Waals surface area contributed by atoms with Crippen LogP contribution in [0, 0.1) is 13.8 Å². The number of hydrogen-bond acceptors (Lipinski definition) is 5. The highest BCUT2D eigenvalue weighted by Crippen LogP contribution is 2.25. The lowest BCUT2D eigenvalue weighted by atomic mass is 10.1. The second kappa shape index (κ2) is 6.48. The molecule has 1 aliphatic rings. The highest BCUT2D eigenvalue weighted by atomic mass is 16.1. The van der Waals surface area contributed by atoms with E-state index in [2.05, 4.69) is 15.6 Å². The molecule has 0 amide bonds. The molecule has 0 bridgehead atoms. The molecule has 4 rings (SSSR count). The van der Waals surface area contributed by atoms with Crippen molar-refractivity contribution in [3.8, 4) is 0 Å². The molecule has 1 aliphatic heterocycles. The summed E-state index contributed by atoms with van der Waals surface area (Å²) in [6, 6.07) is 19.3. The van der Waals surface area contributed by atoms with E-state index >= 15 is 0 Å². The van der Waals surface area contributed by atoms with Gasteiger partial charge in [-0.05, 0) is 37.1 Å². The van der Waals surface area contributed by atoms with Crippen LogP contribution >= 0.6 is 0 Å². The summed E-state index contributed by atoms with van der Waals surface area (Å²) >= 11 is 0. The van der Waals surface area contributed by atoms with Crippen molar-refractivity contribution in [1.29, 1.82) is 0 Å². The van der Waals surface area contributed by atoms with Crippen LogP contribution in [-0.2, 0) is 0 Å². The fraction of sp³-hybridized carbons (Fsp3) is 0.150. The van der Waals surface area contributed by atoms with Crippen LogP contribution in [0.15, 0.2) is 70.5 Å². The first-order valence-electron chi connectivity index (χ1n) is 8.44. The van der Waals surface area contributed by atoms with Crippen molar-refractivity contribution in [2.45, 2.75) is 20.0 Å². The average molecular weight is 345 g/mol. The molecule has 6 heteroatoms. The minimum atomic E-state index is -0.472. The third-order valence-electron chi connectivity index (χ3n) is 4.18.